The lowest BCUT2D eigenvalue weighted by atomic mass is 10.1. The molecule has 2 aliphatic rings. The van der Waals surface area contributed by atoms with Gasteiger partial charge in [-0.2, -0.15) is 0 Å². The number of fused-ring (bicyclic) bond motifs is 1. The number of nitrogens with zero attached hydrogens (tertiary/aromatic N) is 2. The van der Waals surface area contributed by atoms with Gasteiger partial charge in [0.15, 0.2) is 16.7 Å². The number of hydrogen-bond acceptors (Lipinski definition) is 9. The van der Waals surface area contributed by atoms with Crippen molar-refractivity contribution in [2.75, 3.05) is 25.8 Å². The summed E-state index contributed by atoms with van der Waals surface area (Å²) in [5, 5.41) is 2.54. The van der Waals surface area contributed by atoms with E-state index < -0.39 is 11.2 Å². The molecule has 40 heavy (non-hydrogen) atoms. The Bertz CT molecular complexity index is 1440. The maximum Gasteiger partial charge on any atom is 0.338 e. The Kier molecular flexibility index (Phi) is 8.20. The number of anilines is 1. The van der Waals surface area contributed by atoms with E-state index >= 15 is 0 Å². The maximum atomic E-state index is 13.4. The molecule has 1 atom stereocenters. The molecule has 1 saturated heterocycles. The van der Waals surface area contributed by atoms with Crippen LogP contribution in [0.1, 0.15) is 29.3 Å². The molecule has 3 aromatic carbocycles. The van der Waals surface area contributed by atoms with Gasteiger partial charge in [0.25, 0.3) is 0 Å². The van der Waals surface area contributed by atoms with Crippen molar-refractivity contribution in [3.05, 3.63) is 77.9 Å². The van der Waals surface area contributed by atoms with Crippen LogP contribution in [0.2, 0.25) is 0 Å². The minimum absolute atomic E-state index is 0.00196. The van der Waals surface area contributed by atoms with Crippen LogP contribution in [0, 0.1) is 0 Å². The fourth-order valence-corrected chi connectivity index (χ4v) is 5.21. The van der Waals surface area contributed by atoms with Crippen molar-refractivity contribution in [1.29, 1.82) is 0 Å². The van der Waals surface area contributed by atoms with Gasteiger partial charge >= 0.3 is 5.97 Å². The number of amidine groups is 1. The number of benzene rings is 3. The maximum absolute atomic E-state index is 13.4. The first-order valence-electron chi connectivity index (χ1n) is 12.6. The van der Waals surface area contributed by atoms with E-state index in [1.54, 1.807) is 73.5 Å². The summed E-state index contributed by atoms with van der Waals surface area (Å²) in [4.78, 5) is 44.9. The summed E-state index contributed by atoms with van der Waals surface area (Å²) in [5.41, 5.74) is 2.33. The van der Waals surface area contributed by atoms with Crippen molar-refractivity contribution in [2.45, 2.75) is 25.1 Å². The minimum atomic E-state index is -0.694. The monoisotopic (exact) mass is 561 g/mol. The summed E-state index contributed by atoms with van der Waals surface area (Å²) in [7, 11) is 1.57. The Morgan fingerprint density at radius 3 is 2.52 bits per heavy atom. The third-order valence-electron chi connectivity index (χ3n) is 6.17. The van der Waals surface area contributed by atoms with Gasteiger partial charge in [0.1, 0.15) is 11.0 Å². The van der Waals surface area contributed by atoms with Crippen molar-refractivity contribution < 1.29 is 33.3 Å². The summed E-state index contributed by atoms with van der Waals surface area (Å²) < 4.78 is 21.1. The zero-order valence-electron chi connectivity index (χ0n) is 21.9. The molecule has 0 aliphatic carbocycles. The van der Waals surface area contributed by atoms with Crippen LogP contribution in [-0.4, -0.2) is 53.6 Å². The molecule has 1 fully saturated rings. The van der Waals surface area contributed by atoms with E-state index in [1.807, 2.05) is 12.1 Å². The second kappa shape index (κ2) is 12.1. The molecule has 2 heterocycles. The SMILES string of the molecule is CCOC(=O)c1ccc(N=C2SC(C(=O)Nc3ccc(OC)cc3)CC(=O)N2Cc2ccc3c(c2)OCO3)cc1. The van der Waals surface area contributed by atoms with Gasteiger partial charge in [0.2, 0.25) is 18.6 Å². The molecule has 1 unspecified atom stereocenters. The van der Waals surface area contributed by atoms with Crippen LogP contribution in [0.15, 0.2) is 71.7 Å². The lowest BCUT2D eigenvalue weighted by molar-refractivity contribution is -0.129. The highest BCUT2D eigenvalue weighted by atomic mass is 32.2. The normalized spacial score (nSPS) is 17.1. The summed E-state index contributed by atoms with van der Waals surface area (Å²) >= 11 is 1.21. The lowest BCUT2D eigenvalue weighted by Crippen LogP contribution is -2.44. The van der Waals surface area contributed by atoms with Gasteiger partial charge in [-0.1, -0.05) is 17.8 Å². The number of rotatable bonds is 8. The van der Waals surface area contributed by atoms with Gasteiger partial charge in [-0.15, -0.1) is 0 Å². The number of methoxy groups -OCH3 is 1. The summed E-state index contributed by atoms with van der Waals surface area (Å²) in [6.07, 6.45) is -0.00196. The van der Waals surface area contributed by atoms with E-state index in [0.717, 1.165) is 5.56 Å². The van der Waals surface area contributed by atoms with Crippen LogP contribution in [0.5, 0.6) is 17.2 Å². The molecule has 11 heteroatoms. The number of amides is 2. The molecule has 0 saturated carbocycles. The van der Waals surface area contributed by atoms with Gasteiger partial charge in [0, 0.05) is 12.1 Å². The van der Waals surface area contributed by atoms with Crippen LogP contribution in [0.25, 0.3) is 0 Å². The first-order chi connectivity index (χ1) is 19.4. The smallest absolute Gasteiger partial charge is 0.338 e. The van der Waals surface area contributed by atoms with Gasteiger partial charge in [-0.3, -0.25) is 14.5 Å². The fourth-order valence-electron chi connectivity index (χ4n) is 4.11. The summed E-state index contributed by atoms with van der Waals surface area (Å²) in [6.45, 7) is 2.40. The lowest BCUT2D eigenvalue weighted by Gasteiger charge is -2.32. The number of nitrogens with one attached hydrogen (secondary N) is 1. The number of aliphatic imine (C=N–C) groups is 1. The molecule has 10 nitrogen and oxygen atoms in total. The molecule has 2 amide bonds. The van der Waals surface area contributed by atoms with Gasteiger partial charge in [0.05, 0.1) is 31.5 Å². The molecule has 206 valence electrons. The number of carbonyl (C=O) groups is 3. The third kappa shape index (κ3) is 6.20. The Labute approximate surface area is 235 Å². The molecular formula is C29H27N3O7S. The van der Waals surface area contributed by atoms with Crippen LogP contribution in [0.4, 0.5) is 11.4 Å². The highest BCUT2D eigenvalue weighted by Crippen LogP contribution is 2.35. The van der Waals surface area contributed by atoms with E-state index in [2.05, 4.69) is 5.32 Å². The van der Waals surface area contributed by atoms with E-state index in [4.69, 9.17) is 23.9 Å². The van der Waals surface area contributed by atoms with Crippen LogP contribution >= 0.6 is 11.8 Å². The van der Waals surface area contributed by atoms with Crippen LogP contribution in [0.3, 0.4) is 0 Å². The summed E-state index contributed by atoms with van der Waals surface area (Å²) in [6, 6.07) is 19.0. The van der Waals surface area contributed by atoms with Crippen molar-refractivity contribution >= 4 is 46.1 Å². The molecule has 3 aromatic rings. The highest BCUT2D eigenvalue weighted by molar-refractivity contribution is 8.15. The second-order valence-electron chi connectivity index (χ2n) is 8.86. The van der Waals surface area contributed by atoms with Crippen molar-refractivity contribution in [3.63, 3.8) is 0 Å². The number of carbonyl (C=O) groups excluding carboxylic acids is 3. The largest absolute Gasteiger partial charge is 0.497 e. The average Bonchev–Trinajstić information content (AvgIpc) is 3.43. The van der Waals surface area contributed by atoms with E-state index in [-0.39, 0.29) is 38.2 Å². The van der Waals surface area contributed by atoms with Gasteiger partial charge in [-0.25, -0.2) is 9.79 Å². The van der Waals surface area contributed by atoms with Crippen molar-refractivity contribution in [3.8, 4) is 17.2 Å². The minimum Gasteiger partial charge on any atom is -0.497 e. The van der Waals surface area contributed by atoms with Gasteiger partial charge in [-0.05, 0) is 73.2 Å². The molecular weight excluding hydrogens is 534 g/mol. The molecule has 0 spiro atoms. The predicted octanol–water partition coefficient (Wildman–Crippen LogP) is 4.76. The predicted molar refractivity (Wildman–Crippen MR) is 150 cm³/mol. The molecule has 2 aliphatic heterocycles. The Morgan fingerprint density at radius 1 is 1.05 bits per heavy atom. The number of ether oxygens (including phenoxy) is 4. The fraction of sp³-hybridized carbons (Fsp3) is 0.241. The van der Waals surface area contributed by atoms with Gasteiger partial charge < -0.3 is 24.3 Å². The second-order valence-corrected chi connectivity index (χ2v) is 10.0. The molecule has 5 rings (SSSR count). The number of hydrogen-bond donors (Lipinski definition) is 1. The topological polar surface area (TPSA) is 116 Å². The zero-order valence-corrected chi connectivity index (χ0v) is 22.7. The average molecular weight is 562 g/mol. The van der Waals surface area contributed by atoms with Crippen molar-refractivity contribution in [1.82, 2.24) is 4.90 Å². The first kappa shape index (κ1) is 27.1. The number of esters is 1. The first-order valence-corrected chi connectivity index (χ1v) is 13.5. The summed E-state index contributed by atoms with van der Waals surface area (Å²) in [5.74, 6) is 0.949. The number of thioether (sulfide) groups is 1. The zero-order chi connectivity index (χ0) is 28.1. The molecule has 0 radical (unpaired) electrons. The van der Waals surface area contributed by atoms with E-state index in [1.165, 1.54) is 11.8 Å². The van der Waals surface area contributed by atoms with Crippen LogP contribution < -0.4 is 19.5 Å². The Morgan fingerprint density at radius 2 is 1.80 bits per heavy atom. The molecule has 0 aromatic heterocycles. The Balaban J connectivity index is 1.39. The van der Waals surface area contributed by atoms with E-state index in [0.29, 0.717) is 39.4 Å². The standard InChI is InChI=1S/C29H27N3O7S/c1-3-37-28(35)19-5-7-21(8-6-19)31-29-32(16-18-4-13-23-24(14-18)39-17-38-23)26(33)15-25(40-29)27(34)30-20-9-11-22(36-2)12-10-20/h4-14,25H,3,15-17H2,1-2H3,(H,30,34). The quantitative estimate of drug-likeness (QED) is 0.392. The highest BCUT2D eigenvalue weighted by Gasteiger charge is 2.36. The third-order valence-corrected chi connectivity index (χ3v) is 7.36. The Hall–Kier alpha value is -4.51. The van der Waals surface area contributed by atoms with Crippen LogP contribution in [-0.2, 0) is 20.9 Å². The molecule has 0 bridgehead atoms. The van der Waals surface area contributed by atoms with E-state index in [9.17, 15) is 14.4 Å². The van der Waals surface area contributed by atoms with Crippen molar-refractivity contribution in [2.24, 2.45) is 4.99 Å². The molecule has 1 N–H and O–H groups in total.